The lowest BCUT2D eigenvalue weighted by Crippen LogP contribution is -2.49. The number of amides is 2. The van der Waals surface area contributed by atoms with Crippen LogP contribution >= 0.6 is 0 Å². The Morgan fingerprint density at radius 1 is 1.47 bits per heavy atom. The number of nitrogens with one attached hydrogen (secondary N) is 1. The van der Waals surface area contributed by atoms with Gasteiger partial charge in [0.15, 0.2) is 0 Å². The van der Waals surface area contributed by atoms with Crippen LogP contribution in [0.2, 0.25) is 0 Å². The van der Waals surface area contributed by atoms with Gasteiger partial charge in [-0.25, -0.2) is 0 Å². The van der Waals surface area contributed by atoms with Crippen molar-refractivity contribution in [2.45, 2.75) is 58.0 Å². The molecule has 5 nitrogen and oxygen atoms in total. The molecule has 0 heterocycles. The molecule has 1 fully saturated rings. The fourth-order valence-corrected chi connectivity index (χ4v) is 2.44. The Balaban J connectivity index is 2.43. The first-order chi connectivity index (χ1) is 7.80. The quantitative estimate of drug-likeness (QED) is 0.659. The van der Waals surface area contributed by atoms with E-state index in [0.717, 1.165) is 19.3 Å². The lowest BCUT2D eigenvalue weighted by Gasteiger charge is -2.35. The zero-order chi connectivity index (χ0) is 13.1. The topological polar surface area (TPSA) is 98.2 Å². The highest BCUT2D eigenvalue weighted by atomic mass is 16.2. The molecule has 0 aromatic carbocycles. The Hall–Kier alpha value is -1.10. The molecule has 1 saturated carbocycles. The van der Waals surface area contributed by atoms with Crippen LogP contribution in [0.5, 0.6) is 0 Å². The van der Waals surface area contributed by atoms with E-state index in [0.29, 0.717) is 0 Å². The molecular formula is C12H23N3O2. The minimum atomic E-state index is -0.822. The third kappa shape index (κ3) is 4.73. The molecule has 5 N–H and O–H groups in total. The first-order valence-corrected chi connectivity index (χ1v) is 6.14. The van der Waals surface area contributed by atoms with E-state index in [9.17, 15) is 9.59 Å². The van der Waals surface area contributed by atoms with Crippen molar-refractivity contribution in [3.63, 3.8) is 0 Å². The van der Waals surface area contributed by atoms with Crippen LogP contribution in [0, 0.1) is 5.41 Å². The summed E-state index contributed by atoms with van der Waals surface area (Å²) in [6.07, 6.45) is 4.15. The summed E-state index contributed by atoms with van der Waals surface area (Å²) in [4.78, 5) is 22.4. The van der Waals surface area contributed by atoms with Gasteiger partial charge in [0.25, 0.3) is 0 Å². The molecule has 1 aliphatic carbocycles. The highest BCUT2D eigenvalue weighted by molar-refractivity contribution is 5.87. The Bertz CT molecular complexity index is 302. The third-order valence-corrected chi connectivity index (χ3v) is 3.31. The average molecular weight is 241 g/mol. The fourth-order valence-electron chi connectivity index (χ4n) is 2.44. The summed E-state index contributed by atoms with van der Waals surface area (Å²) in [5.41, 5.74) is 10.9. The molecule has 0 aliphatic heterocycles. The van der Waals surface area contributed by atoms with Crippen molar-refractivity contribution >= 4 is 11.8 Å². The number of carbonyl (C=O) groups excluding carboxylic acids is 2. The van der Waals surface area contributed by atoms with Crippen molar-refractivity contribution in [1.82, 2.24) is 5.32 Å². The molecule has 0 spiro atoms. The molecule has 2 unspecified atom stereocenters. The van der Waals surface area contributed by atoms with Crippen molar-refractivity contribution in [3.8, 4) is 0 Å². The molecule has 2 amide bonds. The van der Waals surface area contributed by atoms with Crippen LogP contribution in [0.25, 0.3) is 0 Å². The van der Waals surface area contributed by atoms with Gasteiger partial charge in [-0.2, -0.15) is 0 Å². The Kier molecular flexibility index (Phi) is 4.51. The van der Waals surface area contributed by atoms with E-state index >= 15 is 0 Å². The summed E-state index contributed by atoms with van der Waals surface area (Å²) >= 11 is 0. The smallest absolute Gasteiger partial charge is 0.237 e. The highest BCUT2D eigenvalue weighted by Gasteiger charge is 2.29. The van der Waals surface area contributed by atoms with E-state index in [1.54, 1.807) is 0 Å². The van der Waals surface area contributed by atoms with Gasteiger partial charge in [-0.15, -0.1) is 0 Å². The van der Waals surface area contributed by atoms with Crippen LogP contribution in [0.1, 0.15) is 46.0 Å². The monoisotopic (exact) mass is 241 g/mol. The molecule has 0 bridgehead atoms. The van der Waals surface area contributed by atoms with E-state index in [2.05, 4.69) is 19.2 Å². The summed E-state index contributed by atoms with van der Waals surface area (Å²) in [6.45, 7) is 4.41. The van der Waals surface area contributed by atoms with Crippen molar-refractivity contribution < 1.29 is 9.59 Å². The van der Waals surface area contributed by atoms with Crippen LogP contribution in [-0.4, -0.2) is 23.9 Å². The lowest BCUT2D eigenvalue weighted by molar-refractivity contribution is -0.127. The fraction of sp³-hybridized carbons (Fsp3) is 0.833. The second kappa shape index (κ2) is 5.49. The lowest BCUT2D eigenvalue weighted by atomic mass is 9.75. The highest BCUT2D eigenvalue weighted by Crippen LogP contribution is 2.35. The van der Waals surface area contributed by atoms with Crippen LogP contribution in [0.4, 0.5) is 0 Å². The zero-order valence-corrected chi connectivity index (χ0v) is 10.7. The van der Waals surface area contributed by atoms with Crippen LogP contribution < -0.4 is 16.8 Å². The molecular weight excluding hydrogens is 218 g/mol. The predicted molar refractivity (Wildman–Crippen MR) is 66.0 cm³/mol. The summed E-state index contributed by atoms with van der Waals surface area (Å²) < 4.78 is 0. The minimum absolute atomic E-state index is 0.0953. The van der Waals surface area contributed by atoms with E-state index < -0.39 is 11.9 Å². The third-order valence-electron chi connectivity index (χ3n) is 3.31. The van der Waals surface area contributed by atoms with E-state index in [1.807, 2.05) is 0 Å². The standard InChI is InChI=1S/C12H23N3O2/c1-12(2)5-3-4-8(7-12)15-11(17)9(13)6-10(14)16/h8-9H,3-7,13H2,1-2H3,(H2,14,16)(H,15,17). The van der Waals surface area contributed by atoms with E-state index in [1.165, 1.54) is 6.42 Å². The zero-order valence-electron chi connectivity index (χ0n) is 10.7. The van der Waals surface area contributed by atoms with Gasteiger partial charge in [0.05, 0.1) is 12.5 Å². The first kappa shape index (κ1) is 14.0. The Morgan fingerprint density at radius 2 is 2.12 bits per heavy atom. The van der Waals surface area contributed by atoms with Crippen molar-refractivity contribution in [2.75, 3.05) is 0 Å². The van der Waals surface area contributed by atoms with Gasteiger partial charge in [-0.3, -0.25) is 9.59 Å². The molecule has 0 aromatic rings. The van der Waals surface area contributed by atoms with Crippen LogP contribution in [0.3, 0.4) is 0 Å². The van der Waals surface area contributed by atoms with Crippen LogP contribution in [0.15, 0.2) is 0 Å². The maximum Gasteiger partial charge on any atom is 0.237 e. The molecule has 2 atom stereocenters. The Morgan fingerprint density at radius 3 is 2.65 bits per heavy atom. The van der Waals surface area contributed by atoms with Crippen LogP contribution in [-0.2, 0) is 9.59 Å². The number of carbonyl (C=O) groups is 2. The molecule has 0 radical (unpaired) electrons. The van der Waals surface area contributed by atoms with Gasteiger partial charge in [-0.05, 0) is 24.7 Å². The summed E-state index contributed by atoms with van der Waals surface area (Å²) in [5.74, 6) is -0.817. The summed E-state index contributed by atoms with van der Waals surface area (Å²) in [5, 5.41) is 2.91. The first-order valence-electron chi connectivity index (χ1n) is 6.14. The molecule has 0 aromatic heterocycles. The number of nitrogens with two attached hydrogens (primary N) is 2. The number of hydrogen-bond donors (Lipinski definition) is 3. The minimum Gasteiger partial charge on any atom is -0.370 e. The maximum absolute atomic E-state index is 11.7. The van der Waals surface area contributed by atoms with Crippen molar-refractivity contribution in [1.29, 1.82) is 0 Å². The van der Waals surface area contributed by atoms with Crippen molar-refractivity contribution in [2.24, 2.45) is 16.9 Å². The summed E-state index contributed by atoms with van der Waals surface area (Å²) in [6, 6.07) is -0.650. The molecule has 17 heavy (non-hydrogen) atoms. The van der Waals surface area contributed by atoms with Gasteiger partial charge < -0.3 is 16.8 Å². The van der Waals surface area contributed by atoms with Gasteiger partial charge in [0, 0.05) is 6.04 Å². The SMILES string of the molecule is CC1(C)CCCC(NC(=O)C(N)CC(N)=O)C1. The molecule has 5 heteroatoms. The van der Waals surface area contributed by atoms with Gasteiger partial charge in [-0.1, -0.05) is 20.3 Å². The maximum atomic E-state index is 11.7. The number of primary amides is 1. The normalized spacial score (nSPS) is 25.0. The van der Waals surface area contributed by atoms with Gasteiger partial charge in [0.2, 0.25) is 11.8 Å². The number of hydrogen-bond acceptors (Lipinski definition) is 3. The number of rotatable bonds is 4. The second-order valence-corrected chi connectivity index (χ2v) is 5.74. The Labute approximate surface area is 102 Å². The van der Waals surface area contributed by atoms with Gasteiger partial charge >= 0.3 is 0 Å². The summed E-state index contributed by atoms with van der Waals surface area (Å²) in [7, 11) is 0. The second-order valence-electron chi connectivity index (χ2n) is 5.74. The molecule has 98 valence electrons. The molecule has 0 saturated heterocycles. The predicted octanol–water partition coefficient (Wildman–Crippen LogP) is 0.274. The van der Waals surface area contributed by atoms with E-state index in [4.69, 9.17) is 11.5 Å². The van der Waals surface area contributed by atoms with Gasteiger partial charge in [0.1, 0.15) is 0 Å². The van der Waals surface area contributed by atoms with Crippen molar-refractivity contribution in [3.05, 3.63) is 0 Å². The average Bonchev–Trinajstić information content (AvgIpc) is 2.14. The molecule has 1 aliphatic rings. The largest absolute Gasteiger partial charge is 0.370 e. The van der Waals surface area contributed by atoms with E-state index in [-0.39, 0.29) is 23.8 Å². The molecule has 1 rings (SSSR count).